The molecule has 0 N–H and O–H groups in total. The number of fused-ring (bicyclic) bond motifs is 2. The molecule has 2 aromatic carbocycles. The number of benzene rings is 2. The number of hydrogen-bond donors (Lipinski definition) is 0. The molecule has 0 saturated carbocycles. The van der Waals surface area contributed by atoms with Crippen molar-refractivity contribution in [2.45, 2.75) is 50.5 Å². The average molecular weight is 381 g/mol. The number of ether oxygens (including phenoxy) is 3. The first-order valence-electron chi connectivity index (χ1n) is 10.0. The normalized spacial score (nSPS) is 26.8. The molecule has 2 aromatic rings. The fraction of sp³-hybridized carbons (Fsp3) is 0.435. The van der Waals surface area contributed by atoms with Gasteiger partial charge in [-0.1, -0.05) is 30.3 Å². The highest BCUT2D eigenvalue weighted by Crippen LogP contribution is 2.38. The van der Waals surface area contributed by atoms with Crippen LogP contribution < -0.4 is 4.74 Å². The van der Waals surface area contributed by atoms with Gasteiger partial charge >= 0.3 is 5.97 Å². The molecule has 2 aliphatic rings. The maximum absolute atomic E-state index is 12.9. The van der Waals surface area contributed by atoms with Crippen LogP contribution in [0.15, 0.2) is 54.6 Å². The molecule has 148 valence electrons. The summed E-state index contributed by atoms with van der Waals surface area (Å²) in [6.45, 7) is 2.75. The van der Waals surface area contributed by atoms with Gasteiger partial charge in [-0.15, -0.1) is 0 Å². The number of rotatable bonds is 6. The topological polar surface area (TPSA) is 48.0 Å². The van der Waals surface area contributed by atoms with E-state index in [1.54, 1.807) is 12.1 Å². The molecule has 2 saturated heterocycles. The minimum Gasteiger partial charge on any atom is -0.459 e. The third-order valence-corrected chi connectivity index (χ3v) is 5.80. The van der Waals surface area contributed by atoms with E-state index in [9.17, 15) is 4.79 Å². The van der Waals surface area contributed by atoms with E-state index >= 15 is 0 Å². The molecule has 4 rings (SSSR count). The summed E-state index contributed by atoms with van der Waals surface area (Å²) in [4.78, 5) is 15.3. The van der Waals surface area contributed by atoms with E-state index in [1.165, 1.54) is 0 Å². The monoisotopic (exact) mass is 381 g/mol. The van der Waals surface area contributed by atoms with Crippen molar-refractivity contribution in [3.8, 4) is 11.5 Å². The first-order valence-corrected chi connectivity index (χ1v) is 10.0. The van der Waals surface area contributed by atoms with E-state index < -0.39 is 0 Å². The number of hydrogen-bond acceptors (Lipinski definition) is 5. The number of carbonyl (C=O) groups excluding carboxylic acids is 1. The second-order valence-corrected chi connectivity index (χ2v) is 7.53. The Morgan fingerprint density at radius 2 is 1.79 bits per heavy atom. The molecule has 0 amide bonds. The fourth-order valence-electron chi connectivity index (χ4n) is 4.42. The summed E-state index contributed by atoms with van der Waals surface area (Å²) in [6, 6.07) is 17.4. The second kappa shape index (κ2) is 8.33. The van der Waals surface area contributed by atoms with E-state index in [4.69, 9.17) is 14.2 Å². The van der Waals surface area contributed by atoms with Crippen LogP contribution in [0.1, 0.15) is 36.5 Å². The van der Waals surface area contributed by atoms with Gasteiger partial charge in [0.1, 0.15) is 23.2 Å². The molecule has 0 aliphatic carbocycles. The fourth-order valence-corrected chi connectivity index (χ4v) is 4.42. The highest BCUT2D eigenvalue weighted by atomic mass is 16.5. The van der Waals surface area contributed by atoms with Crippen molar-refractivity contribution in [2.75, 3.05) is 13.7 Å². The SMILES string of the molecule is CCOC1CC2CC(OC(=O)c3ccccc3Oc3ccccc3)CC1N2C. The number of carbonyl (C=O) groups is 1. The summed E-state index contributed by atoms with van der Waals surface area (Å²) in [6.07, 6.45) is 2.82. The Morgan fingerprint density at radius 1 is 1.04 bits per heavy atom. The quantitative estimate of drug-likeness (QED) is 0.699. The van der Waals surface area contributed by atoms with E-state index in [-0.39, 0.29) is 18.2 Å². The Bertz CT molecular complexity index is 809. The van der Waals surface area contributed by atoms with E-state index in [0.29, 0.717) is 29.1 Å². The van der Waals surface area contributed by atoms with E-state index in [1.807, 2.05) is 49.4 Å². The smallest absolute Gasteiger partial charge is 0.342 e. The molecule has 0 aromatic heterocycles. The minimum absolute atomic E-state index is 0.0889. The molecule has 0 spiro atoms. The van der Waals surface area contributed by atoms with Crippen LogP contribution in [0.2, 0.25) is 0 Å². The summed E-state index contributed by atoms with van der Waals surface area (Å²) in [5.74, 6) is 0.884. The lowest BCUT2D eigenvalue weighted by molar-refractivity contribution is -0.0185. The summed E-state index contributed by atoms with van der Waals surface area (Å²) in [5.41, 5.74) is 0.457. The van der Waals surface area contributed by atoms with Crippen molar-refractivity contribution >= 4 is 5.97 Å². The van der Waals surface area contributed by atoms with Crippen molar-refractivity contribution in [2.24, 2.45) is 0 Å². The first kappa shape index (κ1) is 19.0. The number of piperidine rings is 1. The van der Waals surface area contributed by atoms with Gasteiger partial charge in [-0.05, 0) is 44.7 Å². The zero-order chi connectivity index (χ0) is 19.5. The Morgan fingerprint density at radius 3 is 2.57 bits per heavy atom. The molecule has 5 heteroatoms. The summed E-state index contributed by atoms with van der Waals surface area (Å²) in [5, 5.41) is 0. The van der Waals surface area contributed by atoms with Crippen LogP contribution in [-0.2, 0) is 9.47 Å². The van der Waals surface area contributed by atoms with Crippen molar-refractivity contribution in [1.29, 1.82) is 0 Å². The third kappa shape index (κ3) is 3.91. The van der Waals surface area contributed by atoms with Crippen LogP contribution >= 0.6 is 0 Å². The van der Waals surface area contributed by atoms with Crippen LogP contribution in [-0.4, -0.2) is 48.8 Å². The van der Waals surface area contributed by atoms with Crippen molar-refractivity contribution in [3.05, 3.63) is 60.2 Å². The Labute approximate surface area is 166 Å². The molecule has 4 atom stereocenters. The molecule has 0 radical (unpaired) electrons. The first-order chi connectivity index (χ1) is 13.7. The van der Waals surface area contributed by atoms with E-state index in [2.05, 4.69) is 11.9 Å². The van der Waals surface area contributed by atoms with Crippen LogP contribution in [0.4, 0.5) is 0 Å². The highest BCUT2D eigenvalue weighted by Gasteiger charge is 2.46. The van der Waals surface area contributed by atoms with Gasteiger partial charge in [0.2, 0.25) is 0 Å². The van der Waals surface area contributed by atoms with Crippen LogP contribution in [0, 0.1) is 0 Å². The Hall–Kier alpha value is -2.37. The zero-order valence-corrected chi connectivity index (χ0v) is 16.4. The number of esters is 1. The Kier molecular flexibility index (Phi) is 5.64. The van der Waals surface area contributed by atoms with Crippen molar-refractivity contribution in [3.63, 3.8) is 0 Å². The largest absolute Gasteiger partial charge is 0.459 e. The highest BCUT2D eigenvalue weighted by molar-refractivity contribution is 5.92. The van der Waals surface area contributed by atoms with Crippen LogP contribution in [0.5, 0.6) is 11.5 Å². The summed E-state index contributed by atoms with van der Waals surface area (Å²) >= 11 is 0. The summed E-state index contributed by atoms with van der Waals surface area (Å²) in [7, 11) is 2.15. The lowest BCUT2D eigenvalue weighted by atomic mass is 10.00. The van der Waals surface area contributed by atoms with Crippen LogP contribution in [0.3, 0.4) is 0 Å². The summed E-state index contributed by atoms with van der Waals surface area (Å²) < 4.78 is 17.7. The van der Waals surface area contributed by atoms with Crippen molar-refractivity contribution in [1.82, 2.24) is 4.90 Å². The van der Waals surface area contributed by atoms with Gasteiger partial charge < -0.3 is 14.2 Å². The van der Waals surface area contributed by atoms with Crippen molar-refractivity contribution < 1.29 is 19.0 Å². The standard InChI is InChI=1S/C23H27NO4/c1-3-26-22-14-16-13-18(15-20(22)24(16)2)28-23(25)19-11-7-8-12-21(19)27-17-9-5-4-6-10-17/h4-12,16,18,20,22H,3,13-15H2,1-2H3. The molecule has 2 fully saturated rings. The van der Waals surface area contributed by atoms with Gasteiger partial charge in [0.15, 0.2) is 0 Å². The van der Waals surface area contributed by atoms with Gasteiger partial charge in [0.05, 0.1) is 6.10 Å². The van der Waals surface area contributed by atoms with E-state index in [0.717, 1.165) is 25.9 Å². The lowest BCUT2D eigenvalue weighted by Crippen LogP contribution is -2.45. The predicted molar refractivity (Wildman–Crippen MR) is 107 cm³/mol. The number of likely N-dealkylation sites (N-methyl/N-ethyl adjacent to an activating group) is 1. The minimum atomic E-state index is -0.326. The van der Waals surface area contributed by atoms with Gasteiger partial charge in [-0.3, -0.25) is 4.90 Å². The lowest BCUT2D eigenvalue weighted by Gasteiger charge is -2.36. The number of para-hydroxylation sites is 2. The van der Waals surface area contributed by atoms with Gasteiger partial charge in [-0.25, -0.2) is 4.79 Å². The third-order valence-electron chi connectivity index (χ3n) is 5.80. The maximum Gasteiger partial charge on any atom is 0.342 e. The number of nitrogens with zero attached hydrogens (tertiary/aromatic N) is 1. The predicted octanol–water partition coefficient (Wildman–Crippen LogP) is 4.28. The molecule has 28 heavy (non-hydrogen) atoms. The molecule has 2 bridgehead atoms. The maximum atomic E-state index is 12.9. The second-order valence-electron chi connectivity index (χ2n) is 7.53. The average Bonchev–Trinajstić information content (AvgIpc) is 2.87. The molecule has 2 aliphatic heterocycles. The zero-order valence-electron chi connectivity index (χ0n) is 16.4. The van der Waals surface area contributed by atoms with Crippen LogP contribution in [0.25, 0.3) is 0 Å². The molecular weight excluding hydrogens is 354 g/mol. The molecule has 4 unspecified atom stereocenters. The van der Waals surface area contributed by atoms with Gasteiger partial charge in [-0.2, -0.15) is 0 Å². The van der Waals surface area contributed by atoms with Gasteiger partial charge in [0.25, 0.3) is 0 Å². The molecular formula is C23H27NO4. The Balaban J connectivity index is 1.45. The van der Waals surface area contributed by atoms with Gasteiger partial charge in [0, 0.05) is 31.5 Å². The molecule has 2 heterocycles. The molecule has 5 nitrogen and oxygen atoms in total.